The summed E-state index contributed by atoms with van der Waals surface area (Å²) in [6.07, 6.45) is 5.30. The number of hydrogen-bond donors (Lipinski definition) is 1. The number of hydrogen-bond acceptors (Lipinski definition) is 2. The zero-order valence-corrected chi connectivity index (χ0v) is 10.8. The van der Waals surface area contributed by atoms with Crippen molar-refractivity contribution in [3.63, 3.8) is 0 Å². The summed E-state index contributed by atoms with van der Waals surface area (Å²) in [5.41, 5.74) is 1.05. The molecular formula is C14H17ClO2. The van der Waals surface area contributed by atoms with E-state index in [0.717, 1.165) is 25.7 Å². The van der Waals surface area contributed by atoms with E-state index in [2.05, 4.69) is 0 Å². The Hall–Kier alpha value is -1.02. The van der Waals surface area contributed by atoms with Gasteiger partial charge in [-0.1, -0.05) is 30.9 Å². The fourth-order valence-electron chi connectivity index (χ4n) is 2.51. The number of benzene rings is 1. The van der Waals surface area contributed by atoms with E-state index in [1.54, 1.807) is 19.1 Å². The molecule has 0 amide bonds. The number of aromatic hydroxyl groups is 1. The molecule has 1 aromatic rings. The van der Waals surface area contributed by atoms with Crippen LogP contribution in [0.25, 0.3) is 0 Å². The lowest BCUT2D eigenvalue weighted by Gasteiger charge is -2.21. The van der Waals surface area contributed by atoms with Crippen molar-refractivity contribution >= 4 is 17.4 Å². The van der Waals surface area contributed by atoms with Gasteiger partial charge in [-0.3, -0.25) is 4.79 Å². The Morgan fingerprint density at radius 1 is 1.29 bits per heavy atom. The van der Waals surface area contributed by atoms with Gasteiger partial charge in [0.05, 0.1) is 5.56 Å². The lowest BCUT2D eigenvalue weighted by atomic mass is 9.83. The third-order valence-corrected chi connectivity index (χ3v) is 3.72. The SMILES string of the molecule is Cc1cc(Cl)cc(C(=O)C2CCCCC2)c1O. The number of phenolic OH excluding ortho intramolecular Hbond substituents is 1. The second-order valence-electron chi connectivity index (χ2n) is 4.82. The van der Waals surface area contributed by atoms with Gasteiger partial charge < -0.3 is 5.11 Å². The lowest BCUT2D eigenvalue weighted by Crippen LogP contribution is -2.18. The molecule has 3 heteroatoms. The van der Waals surface area contributed by atoms with E-state index in [0.29, 0.717) is 16.1 Å². The number of ketones is 1. The smallest absolute Gasteiger partial charge is 0.169 e. The van der Waals surface area contributed by atoms with Crippen molar-refractivity contribution in [2.24, 2.45) is 5.92 Å². The van der Waals surface area contributed by atoms with Crippen molar-refractivity contribution in [2.45, 2.75) is 39.0 Å². The van der Waals surface area contributed by atoms with Crippen LogP contribution < -0.4 is 0 Å². The number of aryl methyl sites for hydroxylation is 1. The summed E-state index contributed by atoms with van der Waals surface area (Å²) in [4.78, 5) is 12.3. The summed E-state index contributed by atoms with van der Waals surface area (Å²) in [6, 6.07) is 3.26. The first-order valence-electron chi connectivity index (χ1n) is 6.13. The monoisotopic (exact) mass is 252 g/mol. The first-order valence-corrected chi connectivity index (χ1v) is 6.50. The van der Waals surface area contributed by atoms with Crippen molar-refractivity contribution in [2.75, 3.05) is 0 Å². The molecule has 0 aromatic heterocycles. The van der Waals surface area contributed by atoms with Gasteiger partial charge in [-0.2, -0.15) is 0 Å². The van der Waals surface area contributed by atoms with Gasteiger partial charge in [0.25, 0.3) is 0 Å². The summed E-state index contributed by atoms with van der Waals surface area (Å²) >= 11 is 5.94. The highest BCUT2D eigenvalue weighted by atomic mass is 35.5. The maximum atomic E-state index is 12.3. The summed E-state index contributed by atoms with van der Waals surface area (Å²) < 4.78 is 0. The molecule has 1 fully saturated rings. The topological polar surface area (TPSA) is 37.3 Å². The Bertz CT molecular complexity index is 434. The highest BCUT2D eigenvalue weighted by Gasteiger charge is 2.25. The van der Waals surface area contributed by atoms with E-state index in [4.69, 9.17) is 11.6 Å². The summed E-state index contributed by atoms with van der Waals surface area (Å²) in [5, 5.41) is 10.5. The van der Waals surface area contributed by atoms with Gasteiger partial charge >= 0.3 is 0 Å². The van der Waals surface area contributed by atoms with Crippen LogP contribution in [0.15, 0.2) is 12.1 Å². The maximum absolute atomic E-state index is 12.3. The average Bonchev–Trinajstić information content (AvgIpc) is 2.34. The number of phenols is 1. The molecule has 0 spiro atoms. The normalized spacial score (nSPS) is 17.1. The zero-order valence-electron chi connectivity index (χ0n) is 10.0. The van der Waals surface area contributed by atoms with Gasteiger partial charge in [-0.15, -0.1) is 0 Å². The molecule has 2 rings (SSSR count). The molecule has 0 aliphatic heterocycles. The molecule has 1 aliphatic rings. The molecule has 0 radical (unpaired) electrons. The van der Waals surface area contributed by atoms with Crippen LogP contribution in [0.3, 0.4) is 0 Å². The fourth-order valence-corrected chi connectivity index (χ4v) is 2.78. The second-order valence-corrected chi connectivity index (χ2v) is 5.25. The van der Waals surface area contributed by atoms with Gasteiger partial charge in [0.1, 0.15) is 5.75 Å². The first kappa shape index (κ1) is 12.4. The van der Waals surface area contributed by atoms with Crippen LogP contribution >= 0.6 is 11.6 Å². The predicted octanol–water partition coefficient (Wildman–Crippen LogP) is 4.12. The summed E-state index contributed by atoms with van der Waals surface area (Å²) in [7, 11) is 0. The Labute approximate surface area is 107 Å². The fraction of sp³-hybridized carbons (Fsp3) is 0.500. The van der Waals surface area contributed by atoms with Crippen LogP contribution in [0.5, 0.6) is 5.75 Å². The molecule has 0 heterocycles. The van der Waals surface area contributed by atoms with Gasteiger partial charge in [-0.25, -0.2) is 0 Å². The number of carbonyl (C=O) groups is 1. The molecule has 0 saturated heterocycles. The minimum Gasteiger partial charge on any atom is -0.507 e. The lowest BCUT2D eigenvalue weighted by molar-refractivity contribution is 0.0886. The molecule has 1 N–H and O–H groups in total. The Kier molecular flexibility index (Phi) is 3.72. The standard InChI is InChI=1S/C14H17ClO2/c1-9-7-11(15)8-12(13(9)16)14(17)10-5-3-2-4-6-10/h7-8,10,16H,2-6H2,1H3. The number of carbonyl (C=O) groups excluding carboxylic acids is 1. The van der Waals surface area contributed by atoms with E-state index >= 15 is 0 Å². The van der Waals surface area contributed by atoms with Crippen LogP contribution in [0.4, 0.5) is 0 Å². The molecule has 17 heavy (non-hydrogen) atoms. The van der Waals surface area contributed by atoms with Gasteiger partial charge in [0, 0.05) is 10.9 Å². The largest absolute Gasteiger partial charge is 0.507 e. The van der Waals surface area contributed by atoms with E-state index in [9.17, 15) is 9.90 Å². The number of Topliss-reactive ketones (excluding diaryl/α,β-unsaturated/α-hetero) is 1. The molecule has 0 unspecified atom stereocenters. The van der Waals surface area contributed by atoms with Crippen LogP contribution in [0, 0.1) is 12.8 Å². The minimum atomic E-state index is 0.0489. The van der Waals surface area contributed by atoms with Crippen molar-refractivity contribution in [1.82, 2.24) is 0 Å². The van der Waals surface area contributed by atoms with Crippen molar-refractivity contribution in [3.8, 4) is 5.75 Å². The molecule has 0 bridgehead atoms. The quantitative estimate of drug-likeness (QED) is 0.804. The molecule has 1 saturated carbocycles. The van der Waals surface area contributed by atoms with Crippen LogP contribution in [0.1, 0.15) is 48.0 Å². The zero-order chi connectivity index (χ0) is 12.4. The van der Waals surface area contributed by atoms with Crippen molar-refractivity contribution in [3.05, 3.63) is 28.3 Å². The van der Waals surface area contributed by atoms with Crippen LogP contribution in [-0.2, 0) is 0 Å². The molecule has 0 atom stereocenters. The van der Waals surface area contributed by atoms with Gasteiger partial charge in [-0.05, 0) is 37.5 Å². The second kappa shape index (κ2) is 5.09. The van der Waals surface area contributed by atoms with Gasteiger partial charge in [0.2, 0.25) is 0 Å². The average molecular weight is 253 g/mol. The minimum absolute atomic E-state index is 0.0489. The Balaban J connectivity index is 2.29. The summed E-state index contributed by atoms with van der Waals surface area (Å²) in [5.74, 6) is 0.199. The Morgan fingerprint density at radius 2 is 1.94 bits per heavy atom. The highest BCUT2D eigenvalue weighted by molar-refractivity contribution is 6.31. The van der Waals surface area contributed by atoms with Crippen LogP contribution in [-0.4, -0.2) is 10.9 Å². The van der Waals surface area contributed by atoms with Crippen molar-refractivity contribution < 1.29 is 9.90 Å². The predicted molar refractivity (Wildman–Crippen MR) is 68.8 cm³/mol. The van der Waals surface area contributed by atoms with Gasteiger partial charge in [0.15, 0.2) is 5.78 Å². The van der Waals surface area contributed by atoms with E-state index in [1.165, 1.54) is 6.42 Å². The Morgan fingerprint density at radius 3 is 2.59 bits per heavy atom. The number of rotatable bonds is 2. The number of halogens is 1. The first-order chi connectivity index (χ1) is 8.09. The van der Waals surface area contributed by atoms with E-state index in [-0.39, 0.29) is 17.5 Å². The van der Waals surface area contributed by atoms with Crippen LogP contribution in [0.2, 0.25) is 5.02 Å². The molecule has 92 valence electrons. The molecular weight excluding hydrogens is 236 g/mol. The van der Waals surface area contributed by atoms with E-state index < -0.39 is 0 Å². The highest BCUT2D eigenvalue weighted by Crippen LogP contribution is 2.33. The third kappa shape index (κ3) is 2.63. The molecule has 1 aliphatic carbocycles. The molecule has 2 nitrogen and oxygen atoms in total. The van der Waals surface area contributed by atoms with E-state index in [1.807, 2.05) is 0 Å². The summed E-state index contributed by atoms with van der Waals surface area (Å²) in [6.45, 7) is 1.76. The maximum Gasteiger partial charge on any atom is 0.169 e. The molecule has 1 aromatic carbocycles. The van der Waals surface area contributed by atoms with Crippen molar-refractivity contribution in [1.29, 1.82) is 0 Å². The third-order valence-electron chi connectivity index (χ3n) is 3.51.